The quantitative estimate of drug-likeness (QED) is 0.339. The summed E-state index contributed by atoms with van der Waals surface area (Å²) in [4.78, 5) is 17.0. The third kappa shape index (κ3) is 4.24. The van der Waals surface area contributed by atoms with Gasteiger partial charge in [0, 0.05) is 18.4 Å². The summed E-state index contributed by atoms with van der Waals surface area (Å²) in [7, 11) is -2.30. The molecule has 32 heavy (non-hydrogen) atoms. The summed E-state index contributed by atoms with van der Waals surface area (Å²) >= 11 is 0. The lowest BCUT2D eigenvalue weighted by Crippen LogP contribution is -2.53. The van der Waals surface area contributed by atoms with E-state index in [1.165, 1.54) is 26.2 Å². The number of sulfone groups is 1. The third-order valence-electron chi connectivity index (χ3n) is 5.73. The smallest absolute Gasteiger partial charge is 0.261 e. The molecule has 2 aromatic carbocycles. The summed E-state index contributed by atoms with van der Waals surface area (Å²) in [6, 6.07) is 9.71. The molecule has 0 spiro atoms. The summed E-state index contributed by atoms with van der Waals surface area (Å²) in [6.07, 6.45) is 0.0732. The zero-order valence-electron chi connectivity index (χ0n) is 17.7. The minimum absolute atomic E-state index is 0.0316. The first-order chi connectivity index (χ1) is 15.0. The molecule has 0 saturated carbocycles. The van der Waals surface area contributed by atoms with Crippen LogP contribution in [0.5, 0.6) is 5.75 Å². The standard InChI is InChI=1S/C21H24FN3O6S/c1-21(20(27)24-28,32(3,29)30)10-11-25-12-23-18-16(19(25)26)9-8-15(17(18)22)13-4-6-14(31-2)7-5-13/h4-9,12,20,24,27-28H,10-11H2,1-3H3/t20-,21?/m1/s1. The predicted octanol–water partition coefficient (Wildman–Crippen LogP) is 1.70. The number of fused-ring (bicyclic) bond motifs is 1. The fraction of sp³-hybridized carbons (Fsp3) is 0.333. The van der Waals surface area contributed by atoms with Gasteiger partial charge in [-0.15, -0.1) is 0 Å². The van der Waals surface area contributed by atoms with Gasteiger partial charge in [-0.05, 0) is 37.1 Å². The van der Waals surface area contributed by atoms with E-state index in [1.807, 2.05) is 0 Å². The molecule has 9 nitrogen and oxygen atoms in total. The Kier molecular flexibility index (Phi) is 6.65. The molecule has 3 N–H and O–H groups in total. The van der Waals surface area contributed by atoms with Crippen LogP contribution in [0.15, 0.2) is 47.5 Å². The molecule has 0 saturated heterocycles. The molecular formula is C21H24FN3O6S. The monoisotopic (exact) mass is 465 g/mol. The summed E-state index contributed by atoms with van der Waals surface area (Å²) in [5, 5.41) is 19.0. The van der Waals surface area contributed by atoms with Crippen LogP contribution in [-0.2, 0) is 16.4 Å². The van der Waals surface area contributed by atoms with E-state index in [9.17, 15) is 18.3 Å². The molecule has 1 unspecified atom stereocenters. The lowest BCUT2D eigenvalue weighted by atomic mass is 10.0. The van der Waals surface area contributed by atoms with E-state index in [1.54, 1.807) is 29.7 Å². The Morgan fingerprint density at radius 2 is 1.91 bits per heavy atom. The number of ether oxygens (including phenoxy) is 1. The van der Waals surface area contributed by atoms with Crippen LogP contribution in [0.25, 0.3) is 22.0 Å². The molecule has 172 valence electrons. The molecule has 11 heteroatoms. The molecule has 0 fully saturated rings. The van der Waals surface area contributed by atoms with E-state index in [-0.39, 0.29) is 29.4 Å². The molecule has 0 amide bonds. The second-order valence-corrected chi connectivity index (χ2v) is 10.1. The average molecular weight is 466 g/mol. The number of hydroxylamine groups is 1. The number of aliphatic hydroxyl groups excluding tert-OH is 1. The number of hydrogen-bond donors (Lipinski definition) is 3. The molecule has 1 aromatic heterocycles. The number of aliphatic hydroxyl groups is 1. The van der Waals surface area contributed by atoms with Gasteiger partial charge in [0.15, 0.2) is 15.7 Å². The van der Waals surface area contributed by atoms with Crippen molar-refractivity contribution >= 4 is 20.7 Å². The number of nitrogens with zero attached hydrogens (tertiary/aromatic N) is 2. The topological polar surface area (TPSA) is 131 Å². The van der Waals surface area contributed by atoms with Gasteiger partial charge in [-0.2, -0.15) is 5.48 Å². The first kappa shape index (κ1) is 23.8. The molecule has 2 atom stereocenters. The predicted molar refractivity (Wildman–Crippen MR) is 117 cm³/mol. The number of nitrogens with one attached hydrogen (secondary N) is 1. The highest BCUT2D eigenvalue weighted by Gasteiger charge is 2.42. The van der Waals surface area contributed by atoms with Gasteiger partial charge in [0.2, 0.25) is 0 Å². The van der Waals surface area contributed by atoms with Crippen molar-refractivity contribution < 1.29 is 27.9 Å². The maximum atomic E-state index is 15.1. The highest BCUT2D eigenvalue weighted by Crippen LogP contribution is 2.29. The number of aromatic nitrogens is 2. The Morgan fingerprint density at radius 1 is 1.25 bits per heavy atom. The van der Waals surface area contributed by atoms with Crippen LogP contribution in [0.3, 0.4) is 0 Å². The van der Waals surface area contributed by atoms with Gasteiger partial charge in [0.05, 0.1) is 18.8 Å². The van der Waals surface area contributed by atoms with Crippen molar-refractivity contribution in [1.29, 1.82) is 0 Å². The van der Waals surface area contributed by atoms with Crippen molar-refractivity contribution in [1.82, 2.24) is 15.0 Å². The molecule has 0 aliphatic heterocycles. The molecular weight excluding hydrogens is 441 g/mol. The van der Waals surface area contributed by atoms with E-state index < -0.39 is 32.2 Å². The van der Waals surface area contributed by atoms with Crippen molar-refractivity contribution in [3.63, 3.8) is 0 Å². The van der Waals surface area contributed by atoms with Gasteiger partial charge in [0.25, 0.3) is 5.56 Å². The third-order valence-corrected chi connectivity index (χ3v) is 7.85. The molecule has 0 aliphatic rings. The lowest BCUT2D eigenvalue weighted by molar-refractivity contribution is -0.0232. The second kappa shape index (κ2) is 8.94. The first-order valence-corrected chi connectivity index (χ1v) is 11.5. The van der Waals surface area contributed by atoms with Crippen LogP contribution in [0.2, 0.25) is 0 Å². The number of halogens is 1. The minimum atomic E-state index is -3.83. The normalized spacial score (nSPS) is 14.8. The van der Waals surface area contributed by atoms with Crippen LogP contribution in [0, 0.1) is 5.82 Å². The Labute approximate surface area is 184 Å². The Bertz CT molecular complexity index is 1290. The van der Waals surface area contributed by atoms with Gasteiger partial charge in [-0.3, -0.25) is 9.36 Å². The number of aryl methyl sites for hydroxylation is 1. The Balaban J connectivity index is 1.98. The number of hydrogen-bond acceptors (Lipinski definition) is 8. The number of methoxy groups -OCH3 is 1. The van der Waals surface area contributed by atoms with E-state index in [2.05, 4.69) is 4.98 Å². The molecule has 3 aromatic rings. The van der Waals surface area contributed by atoms with Crippen LogP contribution < -0.4 is 15.8 Å². The summed E-state index contributed by atoms with van der Waals surface area (Å²) < 4.78 is 43.9. The zero-order chi connectivity index (χ0) is 23.7. The van der Waals surface area contributed by atoms with E-state index >= 15 is 4.39 Å². The maximum Gasteiger partial charge on any atom is 0.261 e. The molecule has 0 bridgehead atoms. The molecule has 0 radical (unpaired) electrons. The minimum Gasteiger partial charge on any atom is -0.497 e. The highest BCUT2D eigenvalue weighted by molar-refractivity contribution is 7.92. The van der Waals surface area contributed by atoms with Gasteiger partial charge in [-0.25, -0.2) is 17.8 Å². The van der Waals surface area contributed by atoms with Crippen LogP contribution >= 0.6 is 0 Å². The maximum absolute atomic E-state index is 15.1. The summed E-state index contributed by atoms with van der Waals surface area (Å²) in [5.74, 6) is -0.0311. The van der Waals surface area contributed by atoms with Crippen LogP contribution in [-0.4, -0.2) is 52.6 Å². The Morgan fingerprint density at radius 3 is 2.47 bits per heavy atom. The summed E-state index contributed by atoms with van der Waals surface area (Å²) in [5.41, 5.74) is 1.74. The van der Waals surface area contributed by atoms with Gasteiger partial charge in [-0.1, -0.05) is 18.2 Å². The van der Waals surface area contributed by atoms with Crippen molar-refractivity contribution in [3.05, 3.63) is 58.9 Å². The molecule has 1 heterocycles. The fourth-order valence-electron chi connectivity index (χ4n) is 3.35. The van der Waals surface area contributed by atoms with E-state index in [0.717, 1.165) is 17.2 Å². The SMILES string of the molecule is COc1ccc(-c2ccc3c(=O)n(CCC(C)([C@@H](O)NO)S(C)(=O)=O)cnc3c2F)cc1. The number of rotatable bonds is 8. The fourth-order valence-corrected chi connectivity index (χ4v) is 4.27. The summed E-state index contributed by atoms with van der Waals surface area (Å²) in [6.45, 7) is 1.11. The van der Waals surface area contributed by atoms with Crippen molar-refractivity contribution in [2.24, 2.45) is 0 Å². The van der Waals surface area contributed by atoms with Crippen LogP contribution in [0.4, 0.5) is 4.39 Å². The number of benzene rings is 2. The molecule has 3 rings (SSSR count). The largest absolute Gasteiger partial charge is 0.497 e. The molecule has 0 aliphatic carbocycles. The zero-order valence-corrected chi connectivity index (χ0v) is 18.6. The van der Waals surface area contributed by atoms with Gasteiger partial charge in [0.1, 0.15) is 22.2 Å². The van der Waals surface area contributed by atoms with Crippen LogP contribution in [0.1, 0.15) is 13.3 Å². The van der Waals surface area contributed by atoms with Gasteiger partial charge < -0.3 is 15.1 Å². The second-order valence-electron chi connectivity index (χ2n) is 7.66. The van der Waals surface area contributed by atoms with Crippen molar-refractivity contribution in [2.75, 3.05) is 13.4 Å². The van der Waals surface area contributed by atoms with Gasteiger partial charge >= 0.3 is 0 Å². The van der Waals surface area contributed by atoms with E-state index in [0.29, 0.717) is 11.3 Å². The van der Waals surface area contributed by atoms with Crippen molar-refractivity contribution in [2.45, 2.75) is 30.9 Å². The van der Waals surface area contributed by atoms with E-state index in [4.69, 9.17) is 9.94 Å². The lowest BCUT2D eigenvalue weighted by Gasteiger charge is -2.31. The highest BCUT2D eigenvalue weighted by atomic mass is 32.2. The average Bonchev–Trinajstić information content (AvgIpc) is 2.77. The first-order valence-electron chi connectivity index (χ1n) is 9.63. The Hall–Kier alpha value is -2.86. The van der Waals surface area contributed by atoms with Crippen molar-refractivity contribution in [3.8, 4) is 16.9 Å².